The van der Waals surface area contributed by atoms with Gasteiger partial charge in [-0.15, -0.1) is 0 Å². The van der Waals surface area contributed by atoms with E-state index in [2.05, 4.69) is 58.1 Å². The summed E-state index contributed by atoms with van der Waals surface area (Å²) in [4.78, 5) is 0. The lowest BCUT2D eigenvalue weighted by Crippen LogP contribution is -2.39. The van der Waals surface area contributed by atoms with Gasteiger partial charge >= 0.3 is 0 Å². The molecule has 0 unspecified atom stereocenters. The van der Waals surface area contributed by atoms with Crippen LogP contribution in [0.1, 0.15) is 51.3 Å². The highest BCUT2D eigenvalue weighted by molar-refractivity contribution is 5.45. The highest BCUT2D eigenvalue weighted by Crippen LogP contribution is 2.40. The van der Waals surface area contributed by atoms with E-state index in [0.29, 0.717) is 0 Å². The van der Waals surface area contributed by atoms with E-state index in [1.54, 1.807) is 0 Å². The van der Waals surface area contributed by atoms with Crippen molar-refractivity contribution in [3.05, 3.63) is 34.9 Å². The van der Waals surface area contributed by atoms with Crippen LogP contribution < -0.4 is 5.32 Å². The summed E-state index contributed by atoms with van der Waals surface area (Å²) in [5, 5.41) is 3.69. The molecule has 0 radical (unpaired) electrons. The molecule has 0 atom stereocenters. The molecule has 0 aromatic heterocycles. The van der Waals surface area contributed by atoms with Crippen molar-refractivity contribution in [2.24, 2.45) is 0 Å². The Morgan fingerprint density at radius 3 is 2.20 bits per heavy atom. The first-order chi connectivity index (χ1) is 6.87. The zero-order valence-corrected chi connectivity index (χ0v) is 10.4. The van der Waals surface area contributed by atoms with Crippen LogP contribution >= 0.6 is 0 Å². The first kappa shape index (κ1) is 10.7. The number of hydrogen-bond donors (Lipinski definition) is 1. The quantitative estimate of drug-likeness (QED) is 0.738. The van der Waals surface area contributed by atoms with Crippen LogP contribution in [-0.4, -0.2) is 0 Å². The summed E-state index contributed by atoms with van der Waals surface area (Å²) in [6.45, 7) is 11.3. The first-order valence-electron chi connectivity index (χ1n) is 5.80. The number of hydrogen-bond acceptors (Lipinski definition) is 1. The van der Waals surface area contributed by atoms with E-state index in [9.17, 15) is 0 Å². The fourth-order valence-corrected chi connectivity index (χ4v) is 2.79. The summed E-state index contributed by atoms with van der Waals surface area (Å²) < 4.78 is 0. The summed E-state index contributed by atoms with van der Waals surface area (Å²) in [5.41, 5.74) is 4.55. The Balaban J connectivity index is 2.60. The molecule has 1 aliphatic rings. The lowest BCUT2D eigenvalue weighted by Gasteiger charge is -2.25. The van der Waals surface area contributed by atoms with Crippen LogP contribution in [0.3, 0.4) is 0 Å². The molecule has 0 saturated heterocycles. The standard InChI is InChI=1S/C14H21N/c1-6-10-7-8-11-12(9-10)14(4,5)15-13(11,2)3/h7-9,15H,6H2,1-5H3. The van der Waals surface area contributed by atoms with E-state index in [-0.39, 0.29) is 11.1 Å². The highest BCUT2D eigenvalue weighted by atomic mass is 15.1. The van der Waals surface area contributed by atoms with Gasteiger partial charge in [-0.3, -0.25) is 5.32 Å². The van der Waals surface area contributed by atoms with E-state index >= 15 is 0 Å². The van der Waals surface area contributed by atoms with Crippen molar-refractivity contribution in [2.75, 3.05) is 0 Å². The molecule has 0 bridgehead atoms. The number of nitrogens with one attached hydrogen (secondary N) is 1. The SMILES string of the molecule is CCc1ccc2c(c1)C(C)(C)NC2(C)C. The third-order valence-electron chi connectivity index (χ3n) is 3.46. The number of aryl methyl sites for hydroxylation is 1. The van der Waals surface area contributed by atoms with Crippen LogP contribution in [0.5, 0.6) is 0 Å². The zero-order valence-electron chi connectivity index (χ0n) is 10.4. The summed E-state index contributed by atoms with van der Waals surface area (Å²) in [6, 6.07) is 6.90. The molecule has 1 aromatic rings. The molecule has 0 spiro atoms. The smallest absolute Gasteiger partial charge is 0.0388 e. The average Bonchev–Trinajstić information content (AvgIpc) is 2.32. The molecule has 1 aliphatic heterocycles. The number of benzene rings is 1. The molecule has 1 N–H and O–H groups in total. The third kappa shape index (κ3) is 1.59. The number of rotatable bonds is 1. The van der Waals surface area contributed by atoms with Gasteiger partial charge < -0.3 is 0 Å². The minimum Gasteiger partial charge on any atom is -0.299 e. The minimum absolute atomic E-state index is 0.101. The van der Waals surface area contributed by atoms with Gasteiger partial charge in [0.05, 0.1) is 0 Å². The Bertz CT molecular complexity index is 388. The van der Waals surface area contributed by atoms with Gasteiger partial charge in [-0.05, 0) is 50.8 Å². The molecule has 1 heteroatoms. The molecule has 0 aliphatic carbocycles. The Hall–Kier alpha value is -0.820. The van der Waals surface area contributed by atoms with E-state index in [1.165, 1.54) is 16.7 Å². The van der Waals surface area contributed by atoms with E-state index in [1.807, 2.05) is 0 Å². The second-order valence-electron chi connectivity index (χ2n) is 5.61. The zero-order chi connectivity index (χ0) is 11.3. The maximum Gasteiger partial charge on any atom is 0.0388 e. The summed E-state index contributed by atoms with van der Waals surface area (Å²) in [5.74, 6) is 0. The second-order valence-corrected chi connectivity index (χ2v) is 5.61. The summed E-state index contributed by atoms with van der Waals surface area (Å²) in [6.07, 6.45) is 1.11. The van der Waals surface area contributed by atoms with Crippen molar-refractivity contribution in [1.29, 1.82) is 0 Å². The van der Waals surface area contributed by atoms with Gasteiger partial charge in [0, 0.05) is 11.1 Å². The van der Waals surface area contributed by atoms with Crippen LogP contribution in [-0.2, 0) is 17.5 Å². The van der Waals surface area contributed by atoms with Crippen molar-refractivity contribution in [1.82, 2.24) is 5.32 Å². The summed E-state index contributed by atoms with van der Waals surface area (Å²) in [7, 11) is 0. The summed E-state index contributed by atoms with van der Waals surface area (Å²) >= 11 is 0. The van der Waals surface area contributed by atoms with Crippen molar-refractivity contribution in [3.8, 4) is 0 Å². The Morgan fingerprint density at radius 1 is 1.00 bits per heavy atom. The largest absolute Gasteiger partial charge is 0.299 e. The second kappa shape index (κ2) is 3.08. The lowest BCUT2D eigenvalue weighted by atomic mass is 9.89. The molecule has 2 rings (SSSR count). The van der Waals surface area contributed by atoms with Crippen LogP contribution in [0.15, 0.2) is 18.2 Å². The van der Waals surface area contributed by atoms with Crippen LogP contribution in [0.25, 0.3) is 0 Å². The van der Waals surface area contributed by atoms with E-state index in [0.717, 1.165) is 6.42 Å². The Morgan fingerprint density at radius 2 is 1.60 bits per heavy atom. The average molecular weight is 203 g/mol. The molecule has 1 aromatic carbocycles. The first-order valence-corrected chi connectivity index (χ1v) is 5.80. The van der Waals surface area contributed by atoms with Crippen molar-refractivity contribution < 1.29 is 0 Å². The van der Waals surface area contributed by atoms with Crippen molar-refractivity contribution in [3.63, 3.8) is 0 Å². The topological polar surface area (TPSA) is 12.0 Å². The van der Waals surface area contributed by atoms with Gasteiger partial charge in [0.15, 0.2) is 0 Å². The van der Waals surface area contributed by atoms with Crippen LogP contribution in [0.4, 0.5) is 0 Å². The van der Waals surface area contributed by atoms with E-state index < -0.39 is 0 Å². The molecule has 1 heterocycles. The van der Waals surface area contributed by atoms with Gasteiger partial charge in [-0.2, -0.15) is 0 Å². The van der Waals surface area contributed by atoms with Gasteiger partial charge in [-0.1, -0.05) is 25.1 Å². The molecular formula is C14H21N. The predicted octanol–water partition coefficient (Wildman–Crippen LogP) is 3.32. The Kier molecular flexibility index (Phi) is 2.20. The predicted molar refractivity (Wildman–Crippen MR) is 65.0 cm³/mol. The fourth-order valence-electron chi connectivity index (χ4n) is 2.79. The van der Waals surface area contributed by atoms with Crippen molar-refractivity contribution >= 4 is 0 Å². The fraction of sp³-hybridized carbons (Fsp3) is 0.571. The highest BCUT2D eigenvalue weighted by Gasteiger charge is 2.40. The molecule has 0 amide bonds. The molecule has 0 fully saturated rings. The minimum atomic E-state index is 0.101. The van der Waals surface area contributed by atoms with Crippen molar-refractivity contribution in [2.45, 2.75) is 52.1 Å². The van der Waals surface area contributed by atoms with Gasteiger partial charge in [-0.25, -0.2) is 0 Å². The van der Waals surface area contributed by atoms with Crippen LogP contribution in [0.2, 0.25) is 0 Å². The van der Waals surface area contributed by atoms with Gasteiger partial charge in [0.1, 0.15) is 0 Å². The maximum atomic E-state index is 3.69. The lowest BCUT2D eigenvalue weighted by molar-refractivity contribution is 0.319. The van der Waals surface area contributed by atoms with E-state index in [4.69, 9.17) is 0 Å². The van der Waals surface area contributed by atoms with Crippen LogP contribution in [0, 0.1) is 0 Å². The molecule has 1 nitrogen and oxygen atoms in total. The molecule has 82 valence electrons. The number of fused-ring (bicyclic) bond motifs is 1. The molecule has 15 heavy (non-hydrogen) atoms. The van der Waals surface area contributed by atoms with Gasteiger partial charge in [0.2, 0.25) is 0 Å². The monoisotopic (exact) mass is 203 g/mol. The van der Waals surface area contributed by atoms with Gasteiger partial charge in [0.25, 0.3) is 0 Å². The molecular weight excluding hydrogens is 182 g/mol. The Labute approximate surface area is 92.9 Å². The normalized spacial score (nSPS) is 21.4. The third-order valence-corrected chi connectivity index (χ3v) is 3.46. The maximum absolute atomic E-state index is 3.69. The molecule has 0 saturated carbocycles.